The molecule has 0 aromatic rings. The summed E-state index contributed by atoms with van der Waals surface area (Å²) in [6, 6.07) is 0. The van der Waals surface area contributed by atoms with Crippen molar-refractivity contribution in [1.82, 2.24) is 5.32 Å². The van der Waals surface area contributed by atoms with Crippen LogP contribution in [0.2, 0.25) is 0 Å². The van der Waals surface area contributed by atoms with E-state index in [9.17, 15) is 4.79 Å². The van der Waals surface area contributed by atoms with Gasteiger partial charge < -0.3 is 4.89 Å². The molecule has 0 aliphatic carbocycles. The van der Waals surface area contributed by atoms with Gasteiger partial charge in [-0.3, -0.25) is 15.1 Å². The highest BCUT2D eigenvalue weighted by Gasteiger charge is 2.20. The van der Waals surface area contributed by atoms with Gasteiger partial charge >= 0.3 is 20.1 Å². The first kappa shape index (κ1) is 11.0. The van der Waals surface area contributed by atoms with E-state index in [2.05, 4.69) is 5.32 Å². The standard InChI is InChI=1S/C4H7N3O.HO3P/c1-7-2-3(8)6-4(7)5;1-4(2)3/h2H2,1H3,(H2,5,6,8);(H,1,2,3)/p+1. The summed E-state index contributed by atoms with van der Waals surface area (Å²) in [5.74, 6) is 0.403. The van der Waals surface area contributed by atoms with Crippen LogP contribution in [0.5, 0.6) is 0 Å². The molecule has 68 valence electrons. The predicted octanol–water partition coefficient (Wildman–Crippen LogP) is -2.93. The van der Waals surface area contributed by atoms with Crippen molar-refractivity contribution in [3.05, 3.63) is 0 Å². The molecule has 0 fully saturated rings. The minimum absolute atomic E-state index is 0.0370. The summed E-state index contributed by atoms with van der Waals surface area (Å²) in [4.78, 5) is 26.0. The topological polar surface area (TPSA) is 118 Å². The second kappa shape index (κ2) is 4.76. The summed E-state index contributed by atoms with van der Waals surface area (Å²) in [5, 5.41) is 2.45. The molecule has 0 bridgehead atoms. The van der Waals surface area contributed by atoms with E-state index >= 15 is 0 Å². The lowest BCUT2D eigenvalue weighted by Crippen LogP contribution is -2.32. The molecule has 0 aromatic carbocycles. The number of nitrogens with one attached hydrogen (secondary N) is 1. The second-order valence-electron chi connectivity index (χ2n) is 2.03. The van der Waals surface area contributed by atoms with Gasteiger partial charge in [-0.25, -0.2) is 5.32 Å². The number of nitrogens with two attached hydrogens (primary N) is 1. The zero-order chi connectivity index (χ0) is 9.72. The van der Waals surface area contributed by atoms with E-state index in [1.165, 1.54) is 0 Å². The van der Waals surface area contributed by atoms with Crippen molar-refractivity contribution in [2.45, 2.75) is 0 Å². The Labute approximate surface area is 69.5 Å². The fourth-order valence-electron chi connectivity index (χ4n) is 0.578. The van der Waals surface area contributed by atoms with Gasteiger partial charge in [0.15, 0.2) is 6.54 Å². The molecule has 0 radical (unpaired) electrons. The zero-order valence-electron chi connectivity index (χ0n) is 6.35. The SMILES string of the molecule is C[N+]1=C(N)NC(=O)C1.O=[P+]([O-])O. The Kier molecular flexibility index (Phi) is 4.35. The van der Waals surface area contributed by atoms with Crippen LogP contribution in [0.25, 0.3) is 0 Å². The lowest BCUT2D eigenvalue weighted by atomic mass is 10.6. The van der Waals surface area contributed by atoms with Crippen molar-refractivity contribution in [2.75, 3.05) is 13.6 Å². The Balaban J connectivity index is 0.000000261. The molecule has 0 aromatic heterocycles. The number of hydrogen-bond donors (Lipinski definition) is 3. The van der Waals surface area contributed by atoms with Gasteiger partial charge in [-0.15, -0.1) is 0 Å². The number of carbonyl (C=O) groups excluding carboxylic acids is 1. The number of guanidine groups is 1. The molecule has 1 aliphatic rings. The summed E-state index contributed by atoms with van der Waals surface area (Å²) in [7, 11) is -1.36. The molecular weight excluding hydrogens is 185 g/mol. The van der Waals surface area contributed by atoms with Crippen LogP contribution < -0.4 is 15.9 Å². The largest absolute Gasteiger partial charge is 0.567 e. The number of amides is 1. The van der Waals surface area contributed by atoms with E-state index in [0.29, 0.717) is 12.5 Å². The van der Waals surface area contributed by atoms with Gasteiger partial charge in [0, 0.05) is 0 Å². The number of hydrogen-bond acceptors (Lipinski definition) is 4. The summed E-state index contributed by atoms with van der Waals surface area (Å²) in [5.41, 5.74) is 5.28. The number of nitrogens with zero attached hydrogens (tertiary/aromatic N) is 1. The van der Waals surface area contributed by atoms with Crippen molar-refractivity contribution in [2.24, 2.45) is 5.73 Å². The van der Waals surface area contributed by atoms with E-state index in [4.69, 9.17) is 20.1 Å². The molecule has 1 heterocycles. The third-order valence-electron chi connectivity index (χ3n) is 1.06. The second-order valence-corrected chi connectivity index (χ2v) is 2.50. The molecule has 1 amide bonds. The predicted molar refractivity (Wildman–Crippen MR) is 38.2 cm³/mol. The number of carbonyl (C=O) groups is 1. The van der Waals surface area contributed by atoms with Gasteiger partial charge in [-0.2, -0.15) is 4.89 Å². The lowest BCUT2D eigenvalue weighted by molar-refractivity contribution is -0.480. The first-order valence-corrected chi connectivity index (χ1v) is 4.03. The van der Waals surface area contributed by atoms with Crippen molar-refractivity contribution >= 4 is 20.1 Å². The van der Waals surface area contributed by atoms with Gasteiger partial charge in [0.2, 0.25) is 0 Å². The quantitative estimate of drug-likeness (QED) is 0.282. The number of likely N-dealkylation sites (N-methyl/N-ethyl adjacent to an activating group) is 1. The summed E-state index contributed by atoms with van der Waals surface area (Å²) in [6.07, 6.45) is 0. The molecule has 1 rings (SSSR count). The van der Waals surface area contributed by atoms with E-state index in [1.807, 2.05) is 0 Å². The first-order valence-electron chi connectivity index (χ1n) is 2.90. The van der Waals surface area contributed by atoms with Crippen molar-refractivity contribution in [1.29, 1.82) is 0 Å². The summed E-state index contributed by atoms with van der Waals surface area (Å²) >= 11 is 0. The Bertz CT molecular complexity index is 218. The summed E-state index contributed by atoms with van der Waals surface area (Å²) < 4.78 is 10.2. The first-order chi connectivity index (χ1) is 5.43. The fourth-order valence-corrected chi connectivity index (χ4v) is 0.578. The maximum Gasteiger partial charge on any atom is 0.485 e. The van der Waals surface area contributed by atoms with Crippen LogP contribution in [-0.2, 0) is 9.36 Å². The number of rotatable bonds is 0. The minimum atomic E-state index is -3.12. The lowest BCUT2D eigenvalue weighted by Gasteiger charge is -1.83. The molecule has 0 spiro atoms. The van der Waals surface area contributed by atoms with Crippen molar-refractivity contribution in [3.8, 4) is 0 Å². The average Bonchev–Trinajstić information content (AvgIpc) is 2.08. The minimum Gasteiger partial charge on any atom is -0.567 e. The Morgan fingerprint density at radius 2 is 2.25 bits per heavy atom. The maximum atomic E-state index is 10.4. The molecule has 4 N–H and O–H groups in total. The monoisotopic (exact) mass is 194 g/mol. The maximum absolute atomic E-state index is 10.4. The zero-order valence-corrected chi connectivity index (χ0v) is 7.25. The highest BCUT2D eigenvalue weighted by Crippen LogP contribution is 1.89. The molecule has 1 unspecified atom stereocenters. The van der Waals surface area contributed by atoms with Crippen LogP contribution in [0.3, 0.4) is 0 Å². The third-order valence-corrected chi connectivity index (χ3v) is 1.06. The molecule has 1 aliphatic heterocycles. The van der Waals surface area contributed by atoms with Crippen LogP contribution >= 0.6 is 8.25 Å². The van der Waals surface area contributed by atoms with Gasteiger partial charge in [0.05, 0.1) is 7.05 Å². The molecular formula is C4H9N3O4P+. The molecule has 0 saturated heterocycles. The van der Waals surface area contributed by atoms with Crippen molar-refractivity contribution in [3.63, 3.8) is 0 Å². The Morgan fingerprint density at radius 3 is 2.33 bits per heavy atom. The van der Waals surface area contributed by atoms with Gasteiger partial charge in [-0.05, 0) is 4.57 Å². The van der Waals surface area contributed by atoms with E-state index < -0.39 is 8.25 Å². The van der Waals surface area contributed by atoms with E-state index in [0.717, 1.165) is 0 Å². The highest BCUT2D eigenvalue weighted by atomic mass is 31.1. The van der Waals surface area contributed by atoms with Gasteiger partial charge in [0.25, 0.3) is 0 Å². The molecule has 1 atom stereocenters. The molecule has 8 heteroatoms. The third kappa shape index (κ3) is 4.73. The van der Waals surface area contributed by atoms with Crippen LogP contribution in [0.15, 0.2) is 0 Å². The molecule has 12 heavy (non-hydrogen) atoms. The van der Waals surface area contributed by atoms with Crippen LogP contribution in [0, 0.1) is 0 Å². The molecule has 0 saturated carbocycles. The summed E-state index contributed by atoms with van der Waals surface area (Å²) in [6.45, 7) is 0.381. The molecule has 7 nitrogen and oxygen atoms in total. The van der Waals surface area contributed by atoms with Crippen molar-refractivity contribution < 1.29 is 23.7 Å². The highest BCUT2D eigenvalue weighted by molar-refractivity contribution is 7.29. The van der Waals surface area contributed by atoms with Crippen LogP contribution in [0.4, 0.5) is 0 Å². The fraction of sp³-hybridized carbons (Fsp3) is 0.500. The normalized spacial score (nSPS) is 16.6. The van der Waals surface area contributed by atoms with E-state index in [-0.39, 0.29) is 5.91 Å². The average molecular weight is 194 g/mol. The van der Waals surface area contributed by atoms with E-state index in [1.54, 1.807) is 11.6 Å². The Hall–Kier alpha value is -1.04. The smallest absolute Gasteiger partial charge is 0.485 e. The Morgan fingerprint density at radius 1 is 1.83 bits per heavy atom. The van der Waals surface area contributed by atoms with Gasteiger partial charge in [0.1, 0.15) is 0 Å². The van der Waals surface area contributed by atoms with Crippen LogP contribution in [0.1, 0.15) is 0 Å². The van der Waals surface area contributed by atoms with Gasteiger partial charge in [-0.1, -0.05) is 0 Å². The van der Waals surface area contributed by atoms with Crippen LogP contribution in [-0.4, -0.2) is 34.9 Å².